The van der Waals surface area contributed by atoms with Crippen molar-refractivity contribution in [2.75, 3.05) is 6.54 Å². The van der Waals surface area contributed by atoms with Crippen molar-refractivity contribution >= 4 is 15.8 Å². The molecule has 0 heterocycles. The van der Waals surface area contributed by atoms with Crippen LogP contribution in [0.15, 0.2) is 3.96 Å². The van der Waals surface area contributed by atoms with Crippen LogP contribution in [-0.2, 0) is 0 Å². The third-order valence-electron chi connectivity index (χ3n) is 1.60. The van der Waals surface area contributed by atoms with Gasteiger partial charge >= 0.3 is 71.8 Å². The van der Waals surface area contributed by atoms with Crippen LogP contribution >= 0.6 is 0 Å². The quantitative estimate of drug-likeness (QED) is 0.448. The van der Waals surface area contributed by atoms with Crippen LogP contribution in [0, 0.1) is 0 Å². The Morgan fingerprint density at radius 2 is 1.60 bits per heavy atom. The summed E-state index contributed by atoms with van der Waals surface area (Å²) in [6.07, 6.45) is 8.15. The molecule has 0 unspecified atom stereocenters. The number of rotatable bonds is 7. The summed E-state index contributed by atoms with van der Waals surface area (Å²) in [6, 6.07) is 0. The van der Waals surface area contributed by atoms with Crippen LogP contribution in [0.25, 0.3) is 0 Å². The van der Waals surface area contributed by atoms with Crippen molar-refractivity contribution in [3.8, 4) is 0 Å². The van der Waals surface area contributed by atoms with E-state index in [4.69, 9.17) is 0 Å². The van der Waals surface area contributed by atoms with Crippen LogP contribution in [0.4, 0.5) is 0 Å². The second-order valence-corrected chi connectivity index (χ2v) is 3.16. The molecule has 0 saturated carbocycles. The standard InChI is InChI=1S/C8H17NSe/c1-2-3-4-5-6-7-8-9-10/h2-8H2,1H3. The summed E-state index contributed by atoms with van der Waals surface area (Å²) in [5, 5.41) is 0. The molecular weight excluding hydrogens is 189 g/mol. The first kappa shape index (κ1) is 10.3. The number of nitrogens with zero attached hydrogens (tertiary/aromatic N) is 1. The molecule has 0 aliphatic rings. The molecule has 0 aromatic heterocycles. The fourth-order valence-corrected chi connectivity index (χ4v) is 1.23. The van der Waals surface area contributed by atoms with E-state index in [-0.39, 0.29) is 0 Å². The molecule has 0 rings (SSSR count). The summed E-state index contributed by atoms with van der Waals surface area (Å²) in [5.41, 5.74) is 0. The zero-order valence-corrected chi connectivity index (χ0v) is 8.52. The fraction of sp³-hybridized carbons (Fsp3) is 1.00. The Bertz CT molecular complexity index is 73.7. The molecule has 0 aromatic carbocycles. The second kappa shape index (κ2) is 9.32. The Kier molecular flexibility index (Phi) is 9.62. The van der Waals surface area contributed by atoms with Gasteiger partial charge in [-0.25, -0.2) is 0 Å². The van der Waals surface area contributed by atoms with Crippen LogP contribution < -0.4 is 0 Å². The number of hydrogen-bond acceptors (Lipinski definition) is 1. The first-order valence-corrected chi connectivity index (χ1v) is 4.97. The molecular formula is C8H17NSe. The summed E-state index contributed by atoms with van der Waals surface area (Å²) in [7, 11) is 0. The van der Waals surface area contributed by atoms with Gasteiger partial charge in [0.2, 0.25) is 0 Å². The van der Waals surface area contributed by atoms with Crippen molar-refractivity contribution in [1.29, 1.82) is 0 Å². The summed E-state index contributed by atoms with van der Waals surface area (Å²) in [5.74, 6) is 0. The van der Waals surface area contributed by atoms with E-state index in [1.54, 1.807) is 0 Å². The first-order valence-electron chi connectivity index (χ1n) is 4.21. The summed E-state index contributed by atoms with van der Waals surface area (Å²) >= 11 is 2.67. The van der Waals surface area contributed by atoms with Gasteiger partial charge in [0.05, 0.1) is 0 Å². The van der Waals surface area contributed by atoms with E-state index < -0.39 is 0 Å². The minimum atomic E-state index is 1.01. The van der Waals surface area contributed by atoms with E-state index in [2.05, 4.69) is 26.7 Å². The molecule has 0 aliphatic heterocycles. The molecule has 0 aliphatic carbocycles. The summed E-state index contributed by atoms with van der Waals surface area (Å²) in [4.78, 5) is 0. The van der Waals surface area contributed by atoms with Crippen LogP contribution in [-0.4, -0.2) is 22.4 Å². The predicted octanol–water partition coefficient (Wildman–Crippen LogP) is 2.70. The van der Waals surface area contributed by atoms with Gasteiger partial charge < -0.3 is 0 Å². The molecule has 60 valence electrons. The average Bonchev–Trinajstić information content (AvgIpc) is 1.97. The molecule has 0 bridgehead atoms. The maximum absolute atomic E-state index is 3.93. The Morgan fingerprint density at radius 3 is 2.20 bits per heavy atom. The zero-order valence-electron chi connectivity index (χ0n) is 6.81. The average molecular weight is 206 g/mol. The molecule has 10 heavy (non-hydrogen) atoms. The summed E-state index contributed by atoms with van der Waals surface area (Å²) < 4.78 is 3.93. The molecule has 0 spiro atoms. The van der Waals surface area contributed by atoms with Gasteiger partial charge in [-0.3, -0.25) is 0 Å². The van der Waals surface area contributed by atoms with Crippen molar-refractivity contribution in [2.24, 2.45) is 3.96 Å². The van der Waals surface area contributed by atoms with E-state index in [9.17, 15) is 0 Å². The molecule has 0 fully saturated rings. The SMILES string of the molecule is CCCCCCCCN=[Se]. The normalized spacial score (nSPS) is 9.70. The van der Waals surface area contributed by atoms with Gasteiger partial charge in [-0.15, -0.1) is 0 Å². The molecule has 1 nitrogen and oxygen atoms in total. The van der Waals surface area contributed by atoms with Crippen molar-refractivity contribution in [3.05, 3.63) is 0 Å². The number of unbranched alkanes of at least 4 members (excludes halogenated alkanes) is 5. The van der Waals surface area contributed by atoms with Gasteiger partial charge in [-0.1, -0.05) is 0 Å². The van der Waals surface area contributed by atoms with Crippen LogP contribution in [0.3, 0.4) is 0 Å². The Balaban J connectivity index is 2.70. The van der Waals surface area contributed by atoms with Gasteiger partial charge in [0, 0.05) is 0 Å². The van der Waals surface area contributed by atoms with E-state index >= 15 is 0 Å². The molecule has 0 N–H and O–H groups in total. The summed E-state index contributed by atoms with van der Waals surface area (Å²) in [6.45, 7) is 3.25. The van der Waals surface area contributed by atoms with Gasteiger partial charge in [-0.2, -0.15) is 0 Å². The first-order chi connectivity index (χ1) is 4.91. The molecule has 0 radical (unpaired) electrons. The van der Waals surface area contributed by atoms with Gasteiger partial charge in [-0.05, 0) is 0 Å². The molecule has 0 saturated heterocycles. The monoisotopic (exact) mass is 207 g/mol. The minimum absolute atomic E-state index is 1.01. The Hall–Kier alpha value is 0.319. The van der Waals surface area contributed by atoms with Crippen LogP contribution in [0.2, 0.25) is 0 Å². The molecule has 0 atom stereocenters. The van der Waals surface area contributed by atoms with E-state index in [0.29, 0.717) is 0 Å². The van der Waals surface area contributed by atoms with Gasteiger partial charge in [0.25, 0.3) is 0 Å². The van der Waals surface area contributed by atoms with Crippen LogP contribution in [0.1, 0.15) is 45.4 Å². The van der Waals surface area contributed by atoms with Gasteiger partial charge in [0.1, 0.15) is 0 Å². The Labute approximate surface area is 72.2 Å². The van der Waals surface area contributed by atoms with E-state index in [1.165, 1.54) is 38.5 Å². The van der Waals surface area contributed by atoms with Crippen molar-refractivity contribution < 1.29 is 0 Å². The Morgan fingerprint density at radius 1 is 1.00 bits per heavy atom. The molecule has 0 amide bonds. The second-order valence-electron chi connectivity index (χ2n) is 2.62. The fourth-order valence-electron chi connectivity index (χ4n) is 0.957. The third-order valence-corrected chi connectivity index (χ3v) is 1.99. The molecule has 2 heteroatoms. The van der Waals surface area contributed by atoms with Gasteiger partial charge in [0.15, 0.2) is 0 Å². The zero-order chi connectivity index (χ0) is 7.66. The topological polar surface area (TPSA) is 12.4 Å². The molecule has 0 aromatic rings. The van der Waals surface area contributed by atoms with E-state index in [1.807, 2.05) is 0 Å². The van der Waals surface area contributed by atoms with Crippen molar-refractivity contribution in [2.45, 2.75) is 45.4 Å². The maximum atomic E-state index is 3.93. The number of hydrogen-bond donors (Lipinski definition) is 0. The third kappa shape index (κ3) is 8.32. The predicted molar refractivity (Wildman–Crippen MR) is 46.4 cm³/mol. The van der Waals surface area contributed by atoms with Crippen molar-refractivity contribution in [1.82, 2.24) is 0 Å². The van der Waals surface area contributed by atoms with Crippen molar-refractivity contribution in [3.63, 3.8) is 0 Å². The van der Waals surface area contributed by atoms with E-state index in [0.717, 1.165) is 6.54 Å². The van der Waals surface area contributed by atoms with Crippen LogP contribution in [0.5, 0.6) is 0 Å².